The lowest BCUT2D eigenvalue weighted by molar-refractivity contribution is -0.366. The predicted octanol–water partition coefficient (Wildman–Crippen LogP) is -3.71. The summed E-state index contributed by atoms with van der Waals surface area (Å²) in [6.45, 7) is -0.201. The van der Waals surface area contributed by atoms with E-state index < -0.39 is 74.6 Å². The molecule has 0 amide bonds. The van der Waals surface area contributed by atoms with Crippen molar-refractivity contribution in [2.24, 2.45) is 5.73 Å². The van der Waals surface area contributed by atoms with Crippen LogP contribution in [0.1, 0.15) is 6.42 Å². The van der Waals surface area contributed by atoms with Crippen LogP contribution in [0.3, 0.4) is 0 Å². The van der Waals surface area contributed by atoms with Gasteiger partial charge in [-0.1, -0.05) is 0 Å². The summed E-state index contributed by atoms with van der Waals surface area (Å²) in [6, 6.07) is 0. The van der Waals surface area contributed by atoms with Gasteiger partial charge in [-0.2, -0.15) is 28.6 Å². The van der Waals surface area contributed by atoms with Gasteiger partial charge in [0.15, 0.2) is 12.5 Å². The molecule has 2 rings (SSSR count). The summed E-state index contributed by atoms with van der Waals surface area (Å²) >= 11 is 3.58. The van der Waals surface area contributed by atoms with Crippen molar-refractivity contribution in [2.75, 3.05) is 56.4 Å². The van der Waals surface area contributed by atoms with E-state index in [1.807, 2.05) is 0 Å². The molecule has 15 heteroatoms. The molecule has 0 aromatic carbocycles. The van der Waals surface area contributed by atoms with Gasteiger partial charge in [0.05, 0.1) is 20.3 Å². The Morgan fingerprint density at radius 1 is 0.800 bits per heavy atom. The fraction of sp³-hybridized carbons (Fsp3) is 1.00. The van der Waals surface area contributed by atoms with Gasteiger partial charge in [0.1, 0.15) is 48.8 Å². The summed E-state index contributed by atoms with van der Waals surface area (Å²) < 4.78 is 16.7. The van der Waals surface area contributed by atoms with Crippen molar-refractivity contribution in [3.05, 3.63) is 0 Å². The van der Waals surface area contributed by atoms with E-state index in [1.165, 1.54) is 12.2 Å². The van der Waals surface area contributed by atoms with Crippen LogP contribution in [-0.4, -0.2) is 159 Å². The van der Waals surface area contributed by atoms with E-state index in [2.05, 4.69) is 0 Å². The lowest BCUT2D eigenvalue weighted by Crippen LogP contribution is -2.66. The Morgan fingerprint density at radius 3 is 2.06 bits per heavy atom. The molecule has 0 saturated carbocycles. The van der Waals surface area contributed by atoms with Gasteiger partial charge in [0, 0.05) is 30.3 Å². The molecule has 2 saturated heterocycles. The highest BCUT2D eigenvalue weighted by molar-refractivity contribution is 8.02. The van der Waals surface area contributed by atoms with Crippen LogP contribution in [-0.2, 0) is 19.0 Å². The number of nitrogens with zero attached hydrogens (tertiary/aromatic N) is 1. The van der Waals surface area contributed by atoms with Gasteiger partial charge in [-0.25, -0.2) is 0 Å². The average molecular weight is 549 g/mol. The van der Waals surface area contributed by atoms with Gasteiger partial charge >= 0.3 is 0 Å². The van der Waals surface area contributed by atoms with Crippen LogP contribution >= 0.6 is 23.5 Å². The normalized spacial score (nSPS) is 38.2. The molecule has 13 nitrogen and oxygen atoms in total. The van der Waals surface area contributed by atoms with Crippen molar-refractivity contribution < 1.29 is 54.8 Å². The number of ether oxygens (including phenoxy) is 3. The number of aliphatic hydroxyl groups is 7. The summed E-state index contributed by atoms with van der Waals surface area (Å²) in [5.41, 5.74) is 5.47. The van der Waals surface area contributed by atoms with Crippen molar-refractivity contribution in [1.29, 1.82) is 0 Å². The molecule has 2 fully saturated rings. The molecule has 6 unspecified atom stereocenters. The highest BCUT2D eigenvalue weighted by atomic mass is 32.2. The first-order chi connectivity index (χ1) is 16.8. The molecule has 208 valence electrons. The first-order valence-corrected chi connectivity index (χ1v) is 13.9. The highest BCUT2D eigenvalue weighted by Gasteiger charge is 2.51. The van der Waals surface area contributed by atoms with Crippen molar-refractivity contribution in [3.63, 3.8) is 0 Å². The van der Waals surface area contributed by atoms with Gasteiger partial charge in [-0.15, -0.1) is 0 Å². The van der Waals surface area contributed by atoms with Gasteiger partial charge in [0.2, 0.25) is 0 Å². The number of hydroxylamine groups is 2. The summed E-state index contributed by atoms with van der Waals surface area (Å²) in [6.07, 6.45) is -13.7. The topological polar surface area (TPSA) is 208 Å². The molecule has 0 radical (unpaired) electrons. The highest BCUT2D eigenvalue weighted by Crippen LogP contribution is 2.30. The van der Waals surface area contributed by atoms with E-state index in [1.54, 1.807) is 23.5 Å². The first kappa shape index (κ1) is 31.4. The molecule has 2 aliphatic heterocycles. The molecule has 0 aromatic rings. The minimum Gasteiger partial charge on any atom is -0.394 e. The molecular formula is C20H40N2O11S2. The molecule has 2 aliphatic rings. The molecule has 0 aliphatic carbocycles. The number of thioether (sulfide) groups is 2. The maximum absolute atomic E-state index is 10.8. The van der Waals surface area contributed by atoms with Crippen LogP contribution in [0.5, 0.6) is 0 Å². The van der Waals surface area contributed by atoms with Crippen LogP contribution in [0.2, 0.25) is 0 Å². The summed E-state index contributed by atoms with van der Waals surface area (Å²) in [7, 11) is 1.41. The monoisotopic (exact) mass is 548 g/mol. The molecule has 0 bridgehead atoms. The molecule has 10 atom stereocenters. The van der Waals surface area contributed by atoms with E-state index in [0.29, 0.717) is 13.1 Å². The second kappa shape index (κ2) is 16.2. The Morgan fingerprint density at radius 2 is 1.46 bits per heavy atom. The third kappa shape index (κ3) is 8.59. The second-order valence-corrected chi connectivity index (χ2v) is 10.7. The van der Waals surface area contributed by atoms with Crippen molar-refractivity contribution in [1.82, 2.24) is 5.06 Å². The molecule has 9 N–H and O–H groups in total. The standard InChI is InChI=1S/C20H40N2O11S2/c1-30-22(4-2-5-34-7-8-35-6-3-21)19-16(28)15(27)18(12(10-24)31-19)33-20-17(29)14(26)13(25)11(9-23)32-20/h11-20,23-29H,2-10,21H2,1H3/t11?,12?,13-,14?,15?,16?,17?,18+,19+,20-/m0/s1. The predicted molar refractivity (Wildman–Crippen MR) is 128 cm³/mol. The van der Waals surface area contributed by atoms with Gasteiger partial charge < -0.3 is 55.7 Å². The Bertz CT molecular complexity index is 583. The number of hydrogen-bond donors (Lipinski definition) is 8. The summed E-state index contributed by atoms with van der Waals surface area (Å²) in [5, 5.41) is 72.2. The SMILES string of the molecule is CON(CCCSCCSCCN)[C@@H]1OC(CO)[C@@H](O[C@@H]2OC(CO)[C@H](O)C(O)C2O)C(O)C1O. The smallest absolute Gasteiger partial charge is 0.187 e. The van der Waals surface area contributed by atoms with Crippen LogP contribution in [0.4, 0.5) is 0 Å². The minimum atomic E-state index is -1.71. The van der Waals surface area contributed by atoms with E-state index in [-0.39, 0.29) is 0 Å². The van der Waals surface area contributed by atoms with Crippen LogP contribution in [0.25, 0.3) is 0 Å². The Balaban J connectivity index is 1.93. The van der Waals surface area contributed by atoms with Crippen molar-refractivity contribution in [2.45, 2.75) is 67.8 Å². The number of aliphatic hydroxyl groups excluding tert-OH is 7. The number of rotatable bonds is 15. The fourth-order valence-electron chi connectivity index (χ4n) is 3.86. The lowest BCUT2D eigenvalue weighted by atomic mass is 9.96. The van der Waals surface area contributed by atoms with Gasteiger partial charge in [0.25, 0.3) is 0 Å². The maximum atomic E-state index is 10.8. The third-order valence-electron chi connectivity index (χ3n) is 5.80. The van der Waals surface area contributed by atoms with Crippen LogP contribution in [0.15, 0.2) is 0 Å². The number of hydrogen-bond acceptors (Lipinski definition) is 15. The molecule has 0 aromatic heterocycles. The molecular weight excluding hydrogens is 508 g/mol. The van der Waals surface area contributed by atoms with Gasteiger partial charge in [-0.05, 0) is 12.2 Å². The third-order valence-corrected chi connectivity index (χ3v) is 8.14. The Kier molecular flexibility index (Phi) is 14.5. The summed E-state index contributed by atoms with van der Waals surface area (Å²) in [5.74, 6) is 3.79. The molecule has 35 heavy (non-hydrogen) atoms. The lowest BCUT2D eigenvalue weighted by Gasteiger charge is -2.47. The van der Waals surface area contributed by atoms with E-state index >= 15 is 0 Å². The van der Waals surface area contributed by atoms with E-state index in [9.17, 15) is 35.7 Å². The van der Waals surface area contributed by atoms with E-state index in [4.69, 9.17) is 24.8 Å². The van der Waals surface area contributed by atoms with E-state index in [0.717, 1.165) is 29.4 Å². The van der Waals surface area contributed by atoms with Crippen LogP contribution < -0.4 is 5.73 Å². The quantitative estimate of drug-likeness (QED) is 0.0731. The largest absolute Gasteiger partial charge is 0.394 e. The zero-order chi connectivity index (χ0) is 26.0. The van der Waals surface area contributed by atoms with Crippen LogP contribution in [0, 0.1) is 0 Å². The molecule has 2 heterocycles. The zero-order valence-electron chi connectivity index (χ0n) is 19.7. The maximum Gasteiger partial charge on any atom is 0.187 e. The first-order valence-electron chi connectivity index (χ1n) is 11.5. The second-order valence-electron chi connectivity index (χ2n) is 8.22. The van der Waals surface area contributed by atoms with Gasteiger partial charge in [-0.3, -0.25) is 4.84 Å². The average Bonchev–Trinajstić information content (AvgIpc) is 2.86. The zero-order valence-corrected chi connectivity index (χ0v) is 21.4. The Labute approximate surface area is 213 Å². The number of nitrogens with two attached hydrogens (primary N) is 1. The fourth-order valence-corrected chi connectivity index (χ4v) is 5.71. The Hall–Kier alpha value is 0.180. The van der Waals surface area contributed by atoms with Crippen molar-refractivity contribution in [3.8, 4) is 0 Å². The van der Waals surface area contributed by atoms with Crippen molar-refractivity contribution >= 4 is 23.5 Å². The molecule has 0 spiro atoms. The summed E-state index contributed by atoms with van der Waals surface area (Å²) in [4.78, 5) is 5.35. The minimum absolute atomic E-state index is 0.393.